The maximum absolute atomic E-state index is 12.5. The van der Waals surface area contributed by atoms with Crippen LogP contribution in [-0.4, -0.2) is 39.6 Å². The van der Waals surface area contributed by atoms with Crippen LogP contribution in [0.15, 0.2) is 49.1 Å². The number of hydrogen-bond donors (Lipinski definition) is 0. The van der Waals surface area contributed by atoms with E-state index >= 15 is 0 Å². The minimum atomic E-state index is 0.0945. The van der Waals surface area contributed by atoms with E-state index in [0.29, 0.717) is 17.9 Å². The number of nitrogens with zero attached hydrogens (tertiary/aromatic N) is 3. The van der Waals surface area contributed by atoms with Crippen LogP contribution in [0.2, 0.25) is 0 Å². The van der Waals surface area contributed by atoms with Crippen LogP contribution in [0.3, 0.4) is 0 Å². The van der Waals surface area contributed by atoms with Gasteiger partial charge in [0.1, 0.15) is 0 Å². The van der Waals surface area contributed by atoms with Gasteiger partial charge >= 0.3 is 0 Å². The molecule has 0 aromatic carbocycles. The van der Waals surface area contributed by atoms with Crippen molar-refractivity contribution in [2.24, 2.45) is 5.92 Å². The second kappa shape index (κ2) is 9.94. The first-order valence-electron chi connectivity index (χ1n) is 10.8. The third-order valence-corrected chi connectivity index (χ3v) is 7.05. The van der Waals surface area contributed by atoms with Crippen LogP contribution in [0.1, 0.15) is 65.0 Å². The number of thiophene rings is 1. The molecule has 156 valence electrons. The average Bonchev–Trinajstić information content (AvgIpc) is 3.24. The van der Waals surface area contributed by atoms with Crippen molar-refractivity contribution in [1.29, 1.82) is 0 Å². The molecule has 5 nitrogen and oxygen atoms in total. The van der Waals surface area contributed by atoms with E-state index in [1.54, 1.807) is 29.9 Å². The predicted octanol–water partition coefficient (Wildman–Crippen LogP) is 5.38. The molecule has 0 N–H and O–H groups in total. The molecule has 1 aliphatic rings. The Balaban J connectivity index is 1.13. The van der Waals surface area contributed by atoms with Gasteiger partial charge in [-0.2, -0.15) is 0 Å². The Hall–Kier alpha value is -2.60. The fraction of sp³-hybridized carbons (Fsp3) is 0.417. The molecular weight excluding hydrogens is 394 g/mol. The van der Waals surface area contributed by atoms with Crippen LogP contribution in [0.25, 0.3) is 10.1 Å². The van der Waals surface area contributed by atoms with Gasteiger partial charge in [0.2, 0.25) is 0 Å². The zero-order chi connectivity index (χ0) is 20.8. The van der Waals surface area contributed by atoms with Crippen molar-refractivity contribution >= 4 is 33.1 Å². The van der Waals surface area contributed by atoms with Crippen LogP contribution in [0.4, 0.5) is 0 Å². The molecule has 0 atom stereocenters. The van der Waals surface area contributed by atoms with Gasteiger partial charge in [0, 0.05) is 44.3 Å². The number of fused-ring (bicyclic) bond motifs is 1. The number of likely N-dealkylation sites (tertiary alicyclic amines) is 1. The molecule has 1 saturated heterocycles. The van der Waals surface area contributed by atoms with E-state index in [2.05, 4.69) is 9.97 Å². The molecule has 1 fully saturated rings. The summed E-state index contributed by atoms with van der Waals surface area (Å²) in [6.07, 6.45) is 14.1. The fourth-order valence-electron chi connectivity index (χ4n) is 4.14. The zero-order valence-electron chi connectivity index (χ0n) is 17.1. The number of ketones is 1. The number of unbranched alkanes of at least 4 members (excludes halogenated alkanes) is 2. The molecular formula is C24H27N3O2S. The Kier molecular flexibility index (Phi) is 6.84. The maximum Gasteiger partial charge on any atom is 0.255 e. The molecule has 3 aromatic heterocycles. The molecule has 0 bridgehead atoms. The highest BCUT2D eigenvalue weighted by molar-refractivity contribution is 7.20. The van der Waals surface area contributed by atoms with Gasteiger partial charge in [0.05, 0.1) is 15.1 Å². The van der Waals surface area contributed by atoms with E-state index < -0.39 is 0 Å². The lowest BCUT2D eigenvalue weighted by atomic mass is 9.91. The Labute approximate surface area is 181 Å². The molecule has 4 heterocycles. The van der Waals surface area contributed by atoms with Crippen LogP contribution < -0.4 is 0 Å². The summed E-state index contributed by atoms with van der Waals surface area (Å²) in [5, 5.41) is 1.10. The molecule has 6 heteroatoms. The molecule has 0 unspecified atom stereocenters. The van der Waals surface area contributed by atoms with Crippen molar-refractivity contribution in [2.45, 2.75) is 44.9 Å². The molecule has 0 aliphatic carbocycles. The molecule has 0 radical (unpaired) electrons. The highest BCUT2D eigenvalue weighted by Gasteiger charge is 2.23. The van der Waals surface area contributed by atoms with Gasteiger partial charge in [-0.1, -0.05) is 19.3 Å². The summed E-state index contributed by atoms with van der Waals surface area (Å²) in [4.78, 5) is 35.9. The van der Waals surface area contributed by atoms with Crippen molar-refractivity contribution in [3.63, 3.8) is 0 Å². The van der Waals surface area contributed by atoms with Gasteiger partial charge in [-0.05, 0) is 54.8 Å². The fourth-order valence-corrected chi connectivity index (χ4v) is 5.13. The predicted molar refractivity (Wildman–Crippen MR) is 120 cm³/mol. The minimum absolute atomic E-state index is 0.0945. The quantitative estimate of drug-likeness (QED) is 0.362. The zero-order valence-corrected chi connectivity index (χ0v) is 17.9. The summed E-state index contributed by atoms with van der Waals surface area (Å²) >= 11 is 1.54. The number of amides is 1. The maximum atomic E-state index is 12.5. The first-order chi connectivity index (χ1) is 14.7. The van der Waals surface area contributed by atoms with Crippen LogP contribution in [-0.2, 0) is 0 Å². The van der Waals surface area contributed by atoms with Crippen LogP contribution in [0, 0.1) is 5.92 Å². The second-order valence-electron chi connectivity index (χ2n) is 8.02. The molecule has 4 rings (SSSR count). The second-order valence-corrected chi connectivity index (χ2v) is 9.11. The number of piperidine rings is 1. The van der Waals surface area contributed by atoms with Gasteiger partial charge in [0.25, 0.3) is 5.91 Å². The summed E-state index contributed by atoms with van der Waals surface area (Å²) in [5.74, 6) is 1.03. The number of carbonyl (C=O) groups is 2. The highest BCUT2D eigenvalue weighted by Crippen LogP contribution is 2.27. The Morgan fingerprint density at radius 1 is 1.03 bits per heavy atom. The monoisotopic (exact) mass is 421 g/mol. The minimum Gasteiger partial charge on any atom is -0.339 e. The summed E-state index contributed by atoms with van der Waals surface area (Å²) < 4.78 is 1.08. The average molecular weight is 422 g/mol. The van der Waals surface area contributed by atoms with Crippen molar-refractivity contribution in [3.8, 4) is 0 Å². The highest BCUT2D eigenvalue weighted by atomic mass is 32.1. The molecule has 0 saturated carbocycles. The van der Waals surface area contributed by atoms with Gasteiger partial charge in [0.15, 0.2) is 5.78 Å². The Bertz CT molecular complexity index is 961. The molecule has 0 spiro atoms. The van der Waals surface area contributed by atoms with Crippen molar-refractivity contribution in [3.05, 3.63) is 59.5 Å². The van der Waals surface area contributed by atoms with Gasteiger partial charge in [-0.15, -0.1) is 11.3 Å². The molecule has 3 aromatic rings. The number of rotatable bonds is 8. The molecule has 30 heavy (non-hydrogen) atoms. The normalized spacial score (nSPS) is 14.9. The van der Waals surface area contributed by atoms with Gasteiger partial charge in [-0.25, -0.2) is 0 Å². The van der Waals surface area contributed by atoms with E-state index in [0.717, 1.165) is 60.2 Å². The van der Waals surface area contributed by atoms with E-state index in [1.807, 2.05) is 35.4 Å². The SMILES string of the molecule is O=C(CCCCCC1CCN(C(=O)c2cccnc2)CC1)c1cc2ccncc2s1. The molecule has 1 aliphatic heterocycles. The standard InChI is InChI=1S/C24H27N3O2S/c28-21(22-15-19-8-12-26-17-23(19)30-22)7-3-1-2-5-18-9-13-27(14-10-18)24(29)20-6-4-11-25-16-20/h4,6,8,11-12,15-18H,1-3,5,7,9-10,13-14H2. The van der Waals surface area contributed by atoms with Crippen molar-refractivity contribution in [2.75, 3.05) is 13.1 Å². The third kappa shape index (κ3) is 5.11. The smallest absolute Gasteiger partial charge is 0.255 e. The number of pyridine rings is 2. The lowest BCUT2D eigenvalue weighted by Crippen LogP contribution is -2.38. The van der Waals surface area contributed by atoms with Crippen LogP contribution in [0.5, 0.6) is 0 Å². The van der Waals surface area contributed by atoms with E-state index in [4.69, 9.17) is 0 Å². The van der Waals surface area contributed by atoms with Gasteiger partial charge < -0.3 is 4.90 Å². The largest absolute Gasteiger partial charge is 0.339 e. The Morgan fingerprint density at radius 3 is 2.63 bits per heavy atom. The lowest BCUT2D eigenvalue weighted by Gasteiger charge is -2.32. The first-order valence-corrected chi connectivity index (χ1v) is 11.6. The number of hydrogen-bond acceptors (Lipinski definition) is 5. The van der Waals surface area contributed by atoms with Gasteiger partial charge in [-0.3, -0.25) is 19.6 Å². The summed E-state index contributed by atoms with van der Waals surface area (Å²) in [5.41, 5.74) is 0.676. The number of aromatic nitrogens is 2. The van der Waals surface area contributed by atoms with Crippen molar-refractivity contribution in [1.82, 2.24) is 14.9 Å². The number of carbonyl (C=O) groups excluding carboxylic acids is 2. The first kappa shape index (κ1) is 20.7. The van der Waals surface area contributed by atoms with Crippen molar-refractivity contribution < 1.29 is 9.59 Å². The van der Waals surface area contributed by atoms with E-state index in [1.165, 1.54) is 6.42 Å². The summed E-state index contributed by atoms with van der Waals surface area (Å²) in [6.45, 7) is 1.66. The Morgan fingerprint density at radius 2 is 1.87 bits per heavy atom. The lowest BCUT2D eigenvalue weighted by molar-refractivity contribution is 0.0685. The number of Topliss-reactive ketones (excluding diaryl/α,β-unsaturated/α-hetero) is 1. The van der Waals surface area contributed by atoms with E-state index in [9.17, 15) is 9.59 Å². The third-order valence-electron chi connectivity index (χ3n) is 5.92. The van der Waals surface area contributed by atoms with Crippen LogP contribution >= 0.6 is 11.3 Å². The van der Waals surface area contributed by atoms with E-state index in [-0.39, 0.29) is 11.7 Å². The molecule has 1 amide bonds. The topological polar surface area (TPSA) is 63.2 Å². The summed E-state index contributed by atoms with van der Waals surface area (Å²) in [6, 6.07) is 7.59. The summed E-state index contributed by atoms with van der Waals surface area (Å²) in [7, 11) is 0.